The van der Waals surface area contributed by atoms with E-state index < -0.39 is 0 Å². The van der Waals surface area contributed by atoms with E-state index in [2.05, 4.69) is 20.8 Å². The molecule has 0 aromatic heterocycles. The molecule has 0 saturated heterocycles. The van der Waals surface area contributed by atoms with E-state index in [1.807, 2.05) is 0 Å². The standard InChI is InChI=1S/C10H21N/c1-7(2)10-5-4-9(11)6-8(10)3/h7-10H,4-6,11H2,1-3H3/t8-,9+,10?/m0/s1. The minimum atomic E-state index is 0.486. The van der Waals surface area contributed by atoms with Crippen LogP contribution in [0.2, 0.25) is 0 Å². The first-order valence-corrected chi connectivity index (χ1v) is 4.87. The van der Waals surface area contributed by atoms with Gasteiger partial charge in [-0.1, -0.05) is 20.8 Å². The van der Waals surface area contributed by atoms with Crippen LogP contribution in [-0.4, -0.2) is 6.04 Å². The molecule has 0 heterocycles. The minimum Gasteiger partial charge on any atom is -0.328 e. The van der Waals surface area contributed by atoms with E-state index in [4.69, 9.17) is 5.73 Å². The second kappa shape index (κ2) is 3.57. The van der Waals surface area contributed by atoms with E-state index in [-0.39, 0.29) is 0 Å². The van der Waals surface area contributed by atoms with Gasteiger partial charge < -0.3 is 5.73 Å². The molecule has 1 aliphatic rings. The molecule has 2 N–H and O–H groups in total. The van der Waals surface area contributed by atoms with Gasteiger partial charge in [-0.15, -0.1) is 0 Å². The molecule has 0 radical (unpaired) electrons. The second-order valence-corrected chi connectivity index (χ2v) is 4.46. The predicted molar refractivity (Wildman–Crippen MR) is 49.3 cm³/mol. The van der Waals surface area contributed by atoms with E-state index >= 15 is 0 Å². The van der Waals surface area contributed by atoms with Crippen molar-refractivity contribution in [2.45, 2.75) is 46.1 Å². The first-order chi connectivity index (χ1) is 5.11. The zero-order valence-corrected chi connectivity index (χ0v) is 8.01. The Hall–Kier alpha value is -0.0400. The Kier molecular flexibility index (Phi) is 2.94. The maximum absolute atomic E-state index is 5.89. The van der Waals surface area contributed by atoms with E-state index in [9.17, 15) is 0 Å². The van der Waals surface area contributed by atoms with Crippen LogP contribution in [0.5, 0.6) is 0 Å². The molecule has 1 unspecified atom stereocenters. The van der Waals surface area contributed by atoms with Crippen LogP contribution in [0.1, 0.15) is 40.0 Å². The van der Waals surface area contributed by atoms with Gasteiger partial charge in [-0.25, -0.2) is 0 Å². The molecule has 0 aromatic rings. The highest BCUT2D eigenvalue weighted by atomic mass is 14.6. The van der Waals surface area contributed by atoms with E-state index in [1.54, 1.807) is 0 Å². The van der Waals surface area contributed by atoms with Crippen molar-refractivity contribution in [3.8, 4) is 0 Å². The van der Waals surface area contributed by atoms with Crippen molar-refractivity contribution >= 4 is 0 Å². The first kappa shape index (κ1) is 9.05. The largest absolute Gasteiger partial charge is 0.328 e. The van der Waals surface area contributed by atoms with Crippen molar-refractivity contribution in [2.75, 3.05) is 0 Å². The molecule has 1 saturated carbocycles. The quantitative estimate of drug-likeness (QED) is 0.618. The lowest BCUT2D eigenvalue weighted by atomic mass is 9.73. The van der Waals surface area contributed by atoms with Gasteiger partial charge in [0.25, 0.3) is 0 Å². The Balaban J connectivity index is 2.44. The highest BCUT2D eigenvalue weighted by Crippen LogP contribution is 2.33. The van der Waals surface area contributed by atoms with Crippen molar-refractivity contribution in [1.29, 1.82) is 0 Å². The molecule has 1 heteroatoms. The highest BCUT2D eigenvalue weighted by Gasteiger charge is 2.27. The van der Waals surface area contributed by atoms with Crippen molar-refractivity contribution < 1.29 is 0 Å². The lowest BCUT2D eigenvalue weighted by molar-refractivity contribution is 0.180. The lowest BCUT2D eigenvalue weighted by Crippen LogP contribution is -2.34. The fourth-order valence-corrected chi connectivity index (χ4v) is 2.45. The van der Waals surface area contributed by atoms with Crippen LogP contribution < -0.4 is 5.73 Å². The predicted octanol–water partition coefficient (Wildman–Crippen LogP) is 2.41. The Morgan fingerprint density at radius 2 is 1.91 bits per heavy atom. The topological polar surface area (TPSA) is 26.0 Å². The molecule has 1 fully saturated rings. The van der Waals surface area contributed by atoms with E-state index in [0.29, 0.717) is 6.04 Å². The van der Waals surface area contributed by atoms with E-state index in [1.165, 1.54) is 19.3 Å². The highest BCUT2D eigenvalue weighted by molar-refractivity contribution is 4.80. The Labute approximate surface area is 70.4 Å². The van der Waals surface area contributed by atoms with Crippen LogP contribution in [-0.2, 0) is 0 Å². The summed E-state index contributed by atoms with van der Waals surface area (Å²) in [6.07, 6.45) is 3.83. The molecule has 66 valence electrons. The van der Waals surface area contributed by atoms with Gasteiger partial charge in [-0.3, -0.25) is 0 Å². The summed E-state index contributed by atoms with van der Waals surface area (Å²) in [5.74, 6) is 2.62. The van der Waals surface area contributed by atoms with E-state index in [0.717, 1.165) is 17.8 Å². The van der Waals surface area contributed by atoms with Gasteiger partial charge in [0, 0.05) is 6.04 Å². The number of nitrogens with two attached hydrogens (primary N) is 1. The normalized spacial score (nSPS) is 39.5. The molecule has 0 aromatic carbocycles. The summed E-state index contributed by atoms with van der Waals surface area (Å²) in [6.45, 7) is 7.01. The van der Waals surface area contributed by atoms with Crippen molar-refractivity contribution in [1.82, 2.24) is 0 Å². The van der Waals surface area contributed by atoms with Gasteiger partial charge in [0.15, 0.2) is 0 Å². The first-order valence-electron chi connectivity index (χ1n) is 4.87. The fraction of sp³-hybridized carbons (Fsp3) is 1.00. The molecule has 11 heavy (non-hydrogen) atoms. The Morgan fingerprint density at radius 3 is 2.36 bits per heavy atom. The maximum atomic E-state index is 5.89. The van der Waals surface area contributed by atoms with Gasteiger partial charge >= 0.3 is 0 Å². The van der Waals surface area contributed by atoms with Crippen LogP contribution in [0.15, 0.2) is 0 Å². The fourth-order valence-electron chi connectivity index (χ4n) is 2.45. The zero-order valence-electron chi connectivity index (χ0n) is 8.01. The molecule has 0 bridgehead atoms. The monoisotopic (exact) mass is 155 g/mol. The summed E-state index contributed by atoms with van der Waals surface area (Å²) in [5.41, 5.74) is 5.89. The third-order valence-electron chi connectivity index (χ3n) is 3.13. The lowest BCUT2D eigenvalue weighted by Gasteiger charge is -2.34. The molecule has 1 rings (SSSR count). The zero-order chi connectivity index (χ0) is 8.43. The molecular weight excluding hydrogens is 134 g/mol. The molecular formula is C10H21N. The van der Waals surface area contributed by atoms with Gasteiger partial charge in [-0.2, -0.15) is 0 Å². The van der Waals surface area contributed by atoms with Crippen LogP contribution in [0.4, 0.5) is 0 Å². The molecule has 0 aliphatic heterocycles. The van der Waals surface area contributed by atoms with Gasteiger partial charge in [-0.05, 0) is 37.0 Å². The van der Waals surface area contributed by atoms with Crippen LogP contribution in [0, 0.1) is 17.8 Å². The summed E-state index contributed by atoms with van der Waals surface area (Å²) < 4.78 is 0. The summed E-state index contributed by atoms with van der Waals surface area (Å²) in [7, 11) is 0. The molecule has 3 atom stereocenters. The summed E-state index contributed by atoms with van der Waals surface area (Å²) in [6, 6.07) is 0.486. The maximum Gasteiger partial charge on any atom is 0.00415 e. The average Bonchev–Trinajstić information content (AvgIpc) is 1.85. The minimum absolute atomic E-state index is 0.486. The van der Waals surface area contributed by atoms with Crippen molar-refractivity contribution in [2.24, 2.45) is 23.5 Å². The Bertz CT molecular complexity index is 120. The SMILES string of the molecule is CC(C)C1CC[C@@H](N)C[C@@H]1C. The molecule has 0 amide bonds. The number of rotatable bonds is 1. The number of hydrogen-bond donors (Lipinski definition) is 1. The number of hydrogen-bond acceptors (Lipinski definition) is 1. The molecule has 0 spiro atoms. The van der Waals surface area contributed by atoms with Gasteiger partial charge in [0.05, 0.1) is 0 Å². The van der Waals surface area contributed by atoms with Gasteiger partial charge in [0.2, 0.25) is 0 Å². The van der Waals surface area contributed by atoms with Crippen molar-refractivity contribution in [3.63, 3.8) is 0 Å². The molecule has 1 nitrogen and oxygen atoms in total. The Morgan fingerprint density at radius 1 is 1.27 bits per heavy atom. The summed E-state index contributed by atoms with van der Waals surface area (Å²) in [5, 5.41) is 0. The summed E-state index contributed by atoms with van der Waals surface area (Å²) >= 11 is 0. The van der Waals surface area contributed by atoms with Gasteiger partial charge in [0.1, 0.15) is 0 Å². The third kappa shape index (κ3) is 2.19. The smallest absolute Gasteiger partial charge is 0.00415 e. The van der Waals surface area contributed by atoms with Crippen LogP contribution in [0.3, 0.4) is 0 Å². The molecule has 1 aliphatic carbocycles. The average molecular weight is 155 g/mol. The third-order valence-corrected chi connectivity index (χ3v) is 3.13. The second-order valence-electron chi connectivity index (χ2n) is 4.46. The van der Waals surface area contributed by atoms with Crippen molar-refractivity contribution in [3.05, 3.63) is 0 Å². The van der Waals surface area contributed by atoms with Crippen LogP contribution in [0.25, 0.3) is 0 Å². The summed E-state index contributed by atoms with van der Waals surface area (Å²) in [4.78, 5) is 0. The van der Waals surface area contributed by atoms with Crippen LogP contribution >= 0.6 is 0 Å².